The number of carboxylic acids is 1. The molecule has 1 aliphatic heterocycles. The maximum absolute atomic E-state index is 12.6. The summed E-state index contributed by atoms with van der Waals surface area (Å²) in [5.41, 5.74) is 1.87. The summed E-state index contributed by atoms with van der Waals surface area (Å²) in [6.07, 6.45) is 0. The van der Waals surface area contributed by atoms with Gasteiger partial charge in [-0.1, -0.05) is 29.8 Å². The van der Waals surface area contributed by atoms with Gasteiger partial charge in [-0.15, -0.1) is 0 Å². The van der Waals surface area contributed by atoms with Crippen LogP contribution in [0.25, 0.3) is 0 Å². The standard InChI is InChI=1S/C17H14N2O4S/c1-10-6-8-11(9-7-10)19-15(20)14(24-17(19)23)18-13-5-3-2-4-12(13)16(21)22/h2-9,14,18H,1H3,(H,21,22)/t14-/m0/s1. The van der Waals surface area contributed by atoms with Gasteiger partial charge in [0.15, 0.2) is 5.37 Å². The largest absolute Gasteiger partial charge is 0.478 e. The first-order valence-electron chi connectivity index (χ1n) is 7.17. The second-order valence-corrected chi connectivity index (χ2v) is 6.32. The normalized spacial score (nSPS) is 17.2. The molecule has 0 aliphatic carbocycles. The number of carboxylic acid groups (broad SMARTS) is 1. The van der Waals surface area contributed by atoms with Crippen LogP contribution in [0.15, 0.2) is 48.5 Å². The minimum Gasteiger partial charge on any atom is -0.478 e. The van der Waals surface area contributed by atoms with E-state index in [1.54, 1.807) is 30.3 Å². The zero-order valence-corrected chi connectivity index (χ0v) is 13.5. The number of carbonyl (C=O) groups excluding carboxylic acids is 2. The molecule has 0 saturated carbocycles. The molecule has 0 aromatic heterocycles. The highest BCUT2D eigenvalue weighted by Crippen LogP contribution is 2.33. The van der Waals surface area contributed by atoms with Crippen LogP contribution < -0.4 is 10.2 Å². The fourth-order valence-electron chi connectivity index (χ4n) is 2.37. The van der Waals surface area contributed by atoms with Crippen molar-refractivity contribution in [1.29, 1.82) is 0 Å². The Bertz CT molecular complexity index is 820. The van der Waals surface area contributed by atoms with Crippen LogP contribution in [0.1, 0.15) is 15.9 Å². The predicted octanol–water partition coefficient (Wildman–Crippen LogP) is 3.33. The van der Waals surface area contributed by atoms with E-state index in [1.807, 2.05) is 19.1 Å². The van der Waals surface area contributed by atoms with Gasteiger partial charge in [0.1, 0.15) is 0 Å². The molecule has 2 aromatic rings. The summed E-state index contributed by atoms with van der Waals surface area (Å²) in [6, 6.07) is 13.3. The Balaban J connectivity index is 1.85. The first-order chi connectivity index (χ1) is 11.5. The highest BCUT2D eigenvalue weighted by atomic mass is 32.2. The van der Waals surface area contributed by atoms with E-state index in [0.29, 0.717) is 11.4 Å². The van der Waals surface area contributed by atoms with E-state index in [-0.39, 0.29) is 5.56 Å². The summed E-state index contributed by atoms with van der Waals surface area (Å²) in [7, 11) is 0. The van der Waals surface area contributed by atoms with E-state index in [4.69, 9.17) is 0 Å². The van der Waals surface area contributed by atoms with Gasteiger partial charge < -0.3 is 10.4 Å². The number of carbonyl (C=O) groups is 3. The van der Waals surface area contributed by atoms with E-state index in [9.17, 15) is 19.5 Å². The number of hydrogen-bond donors (Lipinski definition) is 2. The van der Waals surface area contributed by atoms with Gasteiger partial charge in [-0.2, -0.15) is 0 Å². The Kier molecular flexibility index (Phi) is 4.26. The van der Waals surface area contributed by atoms with Crippen molar-refractivity contribution >= 4 is 40.3 Å². The monoisotopic (exact) mass is 342 g/mol. The van der Waals surface area contributed by atoms with E-state index in [2.05, 4.69) is 5.32 Å². The van der Waals surface area contributed by atoms with Crippen LogP contribution in [0.5, 0.6) is 0 Å². The average molecular weight is 342 g/mol. The number of rotatable bonds is 4. The molecule has 1 atom stereocenters. The lowest BCUT2D eigenvalue weighted by Gasteiger charge is -2.16. The molecule has 2 aromatic carbocycles. The number of para-hydroxylation sites is 1. The fraction of sp³-hybridized carbons (Fsp3) is 0.118. The van der Waals surface area contributed by atoms with Crippen LogP contribution in [0.3, 0.4) is 0 Å². The summed E-state index contributed by atoms with van der Waals surface area (Å²) >= 11 is 0.829. The molecule has 0 bridgehead atoms. The molecule has 2 N–H and O–H groups in total. The van der Waals surface area contributed by atoms with Gasteiger partial charge in [-0.3, -0.25) is 9.59 Å². The third-order valence-electron chi connectivity index (χ3n) is 3.58. The van der Waals surface area contributed by atoms with Crippen molar-refractivity contribution in [1.82, 2.24) is 0 Å². The quantitative estimate of drug-likeness (QED) is 0.886. The lowest BCUT2D eigenvalue weighted by atomic mass is 10.2. The second kappa shape index (κ2) is 6.37. The van der Waals surface area contributed by atoms with Crippen LogP contribution in [0.2, 0.25) is 0 Å². The van der Waals surface area contributed by atoms with Gasteiger partial charge in [0.2, 0.25) is 0 Å². The lowest BCUT2D eigenvalue weighted by molar-refractivity contribution is -0.116. The molecule has 2 amide bonds. The molecular weight excluding hydrogens is 328 g/mol. The topological polar surface area (TPSA) is 86.7 Å². The smallest absolute Gasteiger partial charge is 0.337 e. The van der Waals surface area contributed by atoms with Crippen LogP contribution in [-0.2, 0) is 4.79 Å². The number of thioether (sulfide) groups is 1. The summed E-state index contributed by atoms with van der Waals surface area (Å²) < 4.78 is 0. The molecule has 3 rings (SSSR count). The number of amides is 2. The maximum atomic E-state index is 12.6. The molecule has 1 fully saturated rings. The molecule has 24 heavy (non-hydrogen) atoms. The highest BCUT2D eigenvalue weighted by Gasteiger charge is 2.41. The zero-order valence-electron chi connectivity index (χ0n) is 12.7. The summed E-state index contributed by atoms with van der Waals surface area (Å²) in [5, 5.41) is 10.8. The molecule has 0 spiro atoms. The highest BCUT2D eigenvalue weighted by molar-refractivity contribution is 8.16. The number of aromatic carboxylic acids is 1. The van der Waals surface area contributed by atoms with Crippen molar-refractivity contribution in [2.45, 2.75) is 12.3 Å². The Morgan fingerprint density at radius 3 is 2.46 bits per heavy atom. The van der Waals surface area contributed by atoms with Gasteiger partial charge in [0.05, 0.1) is 11.3 Å². The Labute approximate surface area is 142 Å². The Morgan fingerprint density at radius 2 is 1.79 bits per heavy atom. The van der Waals surface area contributed by atoms with Gasteiger partial charge in [0.25, 0.3) is 11.1 Å². The van der Waals surface area contributed by atoms with Crippen LogP contribution in [-0.4, -0.2) is 27.6 Å². The molecule has 6 nitrogen and oxygen atoms in total. The van der Waals surface area contributed by atoms with Crippen LogP contribution in [0.4, 0.5) is 16.2 Å². The van der Waals surface area contributed by atoms with Gasteiger partial charge in [-0.25, -0.2) is 9.69 Å². The van der Waals surface area contributed by atoms with Crippen molar-refractivity contribution in [2.75, 3.05) is 10.2 Å². The van der Waals surface area contributed by atoms with E-state index < -0.39 is 22.5 Å². The maximum Gasteiger partial charge on any atom is 0.337 e. The first-order valence-corrected chi connectivity index (χ1v) is 8.05. The van der Waals surface area contributed by atoms with E-state index in [1.165, 1.54) is 6.07 Å². The van der Waals surface area contributed by atoms with Gasteiger partial charge in [-0.05, 0) is 43.0 Å². The van der Waals surface area contributed by atoms with Crippen molar-refractivity contribution < 1.29 is 19.5 Å². The number of hydrogen-bond acceptors (Lipinski definition) is 5. The predicted molar refractivity (Wildman–Crippen MR) is 92.5 cm³/mol. The molecular formula is C17H14N2O4S. The van der Waals surface area contributed by atoms with Crippen molar-refractivity contribution in [2.24, 2.45) is 0 Å². The number of nitrogens with one attached hydrogen (secondary N) is 1. The van der Waals surface area contributed by atoms with Crippen molar-refractivity contribution in [3.8, 4) is 0 Å². The third-order valence-corrected chi connectivity index (χ3v) is 4.52. The Hall–Kier alpha value is -2.80. The molecule has 1 saturated heterocycles. The Morgan fingerprint density at radius 1 is 1.12 bits per heavy atom. The van der Waals surface area contributed by atoms with Crippen LogP contribution >= 0.6 is 11.8 Å². The fourth-order valence-corrected chi connectivity index (χ4v) is 3.26. The number of anilines is 2. The van der Waals surface area contributed by atoms with E-state index >= 15 is 0 Å². The average Bonchev–Trinajstić information content (AvgIpc) is 2.83. The van der Waals surface area contributed by atoms with Gasteiger partial charge >= 0.3 is 5.97 Å². The second-order valence-electron chi connectivity index (χ2n) is 5.27. The first kappa shape index (κ1) is 16.1. The number of aryl methyl sites for hydroxylation is 1. The molecule has 122 valence electrons. The SMILES string of the molecule is Cc1ccc(N2C(=O)S[C@H](Nc3ccccc3C(=O)O)C2=O)cc1. The minimum atomic E-state index is -1.10. The molecule has 1 aliphatic rings. The number of nitrogens with zero attached hydrogens (tertiary/aromatic N) is 1. The van der Waals surface area contributed by atoms with Crippen molar-refractivity contribution in [3.05, 3.63) is 59.7 Å². The third kappa shape index (κ3) is 2.98. The summed E-state index contributed by atoms with van der Waals surface area (Å²) in [6.45, 7) is 1.92. The molecule has 0 radical (unpaired) electrons. The lowest BCUT2D eigenvalue weighted by Crippen LogP contribution is -2.34. The van der Waals surface area contributed by atoms with E-state index in [0.717, 1.165) is 22.2 Å². The molecule has 0 unspecified atom stereocenters. The number of benzene rings is 2. The van der Waals surface area contributed by atoms with Gasteiger partial charge in [0, 0.05) is 5.69 Å². The summed E-state index contributed by atoms with van der Waals surface area (Å²) in [5.74, 6) is -1.52. The van der Waals surface area contributed by atoms with Crippen molar-refractivity contribution in [3.63, 3.8) is 0 Å². The molecule has 1 heterocycles. The number of imide groups is 1. The molecule has 7 heteroatoms. The van der Waals surface area contributed by atoms with Crippen LogP contribution in [0, 0.1) is 6.92 Å². The summed E-state index contributed by atoms with van der Waals surface area (Å²) in [4.78, 5) is 37.1. The minimum absolute atomic E-state index is 0.0483. The zero-order chi connectivity index (χ0) is 17.3.